The monoisotopic (exact) mass is 399 g/mol. The Morgan fingerprint density at radius 1 is 1.04 bits per heavy atom. The van der Waals surface area contributed by atoms with Gasteiger partial charge in [0.15, 0.2) is 21.8 Å². The summed E-state index contributed by atoms with van der Waals surface area (Å²) in [6, 6.07) is 12.2. The Balaban J connectivity index is 1.40. The van der Waals surface area contributed by atoms with Crippen molar-refractivity contribution >= 4 is 54.9 Å². The van der Waals surface area contributed by atoms with Gasteiger partial charge in [0.1, 0.15) is 0 Å². The van der Waals surface area contributed by atoms with Crippen LogP contribution in [0.5, 0.6) is 11.5 Å². The van der Waals surface area contributed by atoms with Crippen molar-refractivity contribution in [3.05, 3.63) is 41.8 Å². The van der Waals surface area contributed by atoms with Crippen LogP contribution in [0, 0.1) is 0 Å². The number of thioether (sulfide) groups is 1. The maximum atomic E-state index is 5.44. The normalized spacial score (nSPS) is 12.7. The van der Waals surface area contributed by atoms with E-state index >= 15 is 0 Å². The summed E-state index contributed by atoms with van der Waals surface area (Å²) in [5.74, 6) is 1.54. The van der Waals surface area contributed by atoms with Crippen molar-refractivity contribution in [2.24, 2.45) is 0 Å². The lowest BCUT2D eigenvalue weighted by molar-refractivity contribution is 0.174. The van der Waals surface area contributed by atoms with Crippen molar-refractivity contribution in [2.45, 2.75) is 4.90 Å². The summed E-state index contributed by atoms with van der Waals surface area (Å²) in [5.41, 5.74) is 2.91. The average Bonchev–Trinajstić information content (AvgIpc) is 3.39. The Bertz CT molecular complexity index is 1110. The second-order valence-electron chi connectivity index (χ2n) is 5.58. The topological polar surface area (TPSA) is 56.3 Å². The summed E-state index contributed by atoms with van der Waals surface area (Å²) in [7, 11) is 0. The third kappa shape index (κ3) is 2.90. The molecule has 0 fully saturated rings. The second-order valence-corrected chi connectivity index (χ2v) is 8.35. The van der Waals surface area contributed by atoms with Crippen molar-refractivity contribution in [3.8, 4) is 22.8 Å². The number of hydrogen-bond donors (Lipinski definition) is 1. The van der Waals surface area contributed by atoms with Crippen LogP contribution in [0.1, 0.15) is 0 Å². The zero-order chi connectivity index (χ0) is 17.5. The van der Waals surface area contributed by atoms with Gasteiger partial charge >= 0.3 is 0 Å². The average molecular weight is 400 g/mol. The Morgan fingerprint density at radius 3 is 2.88 bits per heavy atom. The molecule has 0 saturated heterocycles. The predicted octanol–water partition coefficient (Wildman–Crippen LogP) is 5.61. The van der Waals surface area contributed by atoms with Crippen molar-refractivity contribution in [3.63, 3.8) is 0 Å². The number of aromatic nitrogens is 2. The maximum absolute atomic E-state index is 5.44. The van der Waals surface area contributed by atoms with E-state index in [4.69, 9.17) is 9.47 Å². The third-order valence-corrected chi connectivity index (χ3v) is 6.40. The molecule has 0 bridgehead atoms. The number of nitrogens with zero attached hydrogens (tertiary/aromatic N) is 2. The summed E-state index contributed by atoms with van der Waals surface area (Å²) in [5, 5.41) is 7.03. The van der Waals surface area contributed by atoms with Crippen LogP contribution in [-0.2, 0) is 0 Å². The van der Waals surface area contributed by atoms with E-state index in [9.17, 15) is 0 Å². The number of fused-ring (bicyclic) bond motifs is 2. The fourth-order valence-corrected chi connectivity index (χ4v) is 4.90. The highest BCUT2D eigenvalue weighted by Gasteiger charge is 2.15. The van der Waals surface area contributed by atoms with Crippen LogP contribution in [0.4, 0.5) is 10.3 Å². The van der Waals surface area contributed by atoms with Gasteiger partial charge in [-0.1, -0.05) is 11.3 Å². The SMILES string of the molecule is CSc1ccc2nc(Nc3nc(-c4ccc5c(c4)OCO5)cs3)sc2c1. The van der Waals surface area contributed by atoms with Crippen LogP contribution in [0.15, 0.2) is 46.7 Å². The van der Waals surface area contributed by atoms with E-state index in [0.29, 0.717) is 0 Å². The van der Waals surface area contributed by atoms with E-state index in [1.807, 2.05) is 23.6 Å². The minimum absolute atomic E-state index is 0.276. The minimum Gasteiger partial charge on any atom is -0.454 e. The molecule has 1 N–H and O–H groups in total. The van der Waals surface area contributed by atoms with Crippen LogP contribution in [0.25, 0.3) is 21.5 Å². The van der Waals surface area contributed by atoms with E-state index in [1.165, 1.54) is 9.60 Å². The zero-order valence-corrected chi connectivity index (χ0v) is 16.1. The molecular weight excluding hydrogens is 386 g/mol. The van der Waals surface area contributed by atoms with Crippen LogP contribution in [0.3, 0.4) is 0 Å². The second kappa shape index (κ2) is 6.46. The summed E-state index contributed by atoms with van der Waals surface area (Å²) in [4.78, 5) is 10.6. The molecule has 3 heterocycles. The van der Waals surface area contributed by atoms with Crippen molar-refractivity contribution in [1.82, 2.24) is 9.97 Å². The first kappa shape index (κ1) is 15.9. The lowest BCUT2D eigenvalue weighted by Crippen LogP contribution is -1.92. The number of anilines is 2. The molecule has 8 heteroatoms. The van der Waals surface area contributed by atoms with Gasteiger partial charge in [-0.3, -0.25) is 0 Å². The number of benzene rings is 2. The molecule has 0 amide bonds. The molecule has 2 aromatic carbocycles. The van der Waals surface area contributed by atoms with Crippen molar-refractivity contribution in [1.29, 1.82) is 0 Å². The fourth-order valence-electron chi connectivity index (χ4n) is 2.70. The number of rotatable bonds is 4. The Labute approximate surface area is 162 Å². The highest BCUT2D eigenvalue weighted by Crippen LogP contribution is 2.37. The number of ether oxygens (including phenoxy) is 2. The summed E-state index contributed by atoms with van der Waals surface area (Å²) in [6.45, 7) is 0.276. The van der Waals surface area contributed by atoms with Gasteiger partial charge in [0.05, 0.1) is 15.9 Å². The van der Waals surface area contributed by atoms with Gasteiger partial charge in [-0.25, -0.2) is 9.97 Å². The smallest absolute Gasteiger partial charge is 0.231 e. The van der Waals surface area contributed by atoms with E-state index in [-0.39, 0.29) is 6.79 Å². The van der Waals surface area contributed by atoms with E-state index in [0.717, 1.165) is 38.5 Å². The van der Waals surface area contributed by atoms with Crippen LogP contribution >= 0.6 is 34.4 Å². The molecule has 5 rings (SSSR count). The van der Waals surface area contributed by atoms with Crippen molar-refractivity contribution < 1.29 is 9.47 Å². The molecule has 0 spiro atoms. The first-order valence-electron chi connectivity index (χ1n) is 7.86. The highest BCUT2D eigenvalue weighted by atomic mass is 32.2. The first-order chi connectivity index (χ1) is 12.8. The van der Waals surface area contributed by atoms with Gasteiger partial charge in [0.25, 0.3) is 0 Å². The van der Waals surface area contributed by atoms with Crippen molar-refractivity contribution in [2.75, 3.05) is 18.4 Å². The number of hydrogen-bond acceptors (Lipinski definition) is 8. The Kier molecular flexibility index (Phi) is 3.96. The Hall–Kier alpha value is -2.29. The van der Waals surface area contributed by atoms with Crippen LogP contribution < -0.4 is 14.8 Å². The lowest BCUT2D eigenvalue weighted by atomic mass is 10.1. The summed E-state index contributed by atoms with van der Waals surface area (Å²) in [6.07, 6.45) is 2.08. The van der Waals surface area contributed by atoms with Gasteiger partial charge in [-0.05, 0) is 42.7 Å². The van der Waals surface area contributed by atoms with Gasteiger partial charge in [0.2, 0.25) is 6.79 Å². The van der Waals surface area contributed by atoms with Gasteiger partial charge < -0.3 is 14.8 Å². The Morgan fingerprint density at radius 2 is 1.96 bits per heavy atom. The largest absolute Gasteiger partial charge is 0.454 e. The molecule has 1 aliphatic rings. The molecule has 4 aromatic rings. The molecule has 0 atom stereocenters. The van der Waals surface area contributed by atoms with Gasteiger partial charge in [0, 0.05) is 15.8 Å². The molecule has 0 radical (unpaired) electrons. The molecule has 0 aliphatic carbocycles. The quantitative estimate of drug-likeness (QED) is 0.450. The summed E-state index contributed by atoms with van der Waals surface area (Å²) < 4.78 is 12.0. The fraction of sp³-hybridized carbons (Fsp3) is 0.111. The maximum Gasteiger partial charge on any atom is 0.231 e. The van der Waals surface area contributed by atoms with Crippen LogP contribution in [-0.4, -0.2) is 23.0 Å². The molecule has 2 aromatic heterocycles. The number of thiazole rings is 2. The predicted molar refractivity (Wildman–Crippen MR) is 108 cm³/mol. The molecule has 5 nitrogen and oxygen atoms in total. The first-order valence-corrected chi connectivity index (χ1v) is 10.8. The standard InChI is InChI=1S/C18H13N3O2S3/c1-24-11-3-4-12-16(7-11)26-18(19-12)21-17-20-13(8-25-17)10-2-5-14-15(6-10)23-9-22-14/h2-8H,9H2,1H3,(H,19,20,21). The van der Waals surface area contributed by atoms with E-state index < -0.39 is 0 Å². The molecule has 26 heavy (non-hydrogen) atoms. The van der Waals surface area contributed by atoms with E-state index in [1.54, 1.807) is 34.4 Å². The number of nitrogens with one attached hydrogen (secondary N) is 1. The molecule has 130 valence electrons. The lowest BCUT2D eigenvalue weighted by Gasteiger charge is -1.99. The summed E-state index contributed by atoms with van der Waals surface area (Å²) >= 11 is 4.93. The van der Waals surface area contributed by atoms with Crippen LogP contribution in [0.2, 0.25) is 0 Å². The molecule has 1 aliphatic heterocycles. The van der Waals surface area contributed by atoms with E-state index in [2.05, 4.69) is 39.7 Å². The molecule has 0 unspecified atom stereocenters. The molecule has 0 saturated carbocycles. The minimum atomic E-state index is 0.276. The van der Waals surface area contributed by atoms with Gasteiger partial charge in [-0.2, -0.15) is 0 Å². The van der Waals surface area contributed by atoms with Gasteiger partial charge in [-0.15, -0.1) is 23.1 Å². The molecular formula is C18H13N3O2S3. The zero-order valence-electron chi connectivity index (χ0n) is 13.7. The highest BCUT2D eigenvalue weighted by molar-refractivity contribution is 7.98. The third-order valence-electron chi connectivity index (χ3n) is 3.98.